The summed E-state index contributed by atoms with van der Waals surface area (Å²) in [6, 6.07) is 0.0331. The molecular weight excluding hydrogens is 304 g/mol. The summed E-state index contributed by atoms with van der Waals surface area (Å²) in [6.45, 7) is 4.79. The number of carbonyl (C=O) groups is 1. The smallest absolute Gasteiger partial charge is 0.435 e. The highest BCUT2D eigenvalue weighted by Gasteiger charge is 2.47. The van der Waals surface area contributed by atoms with Crippen molar-refractivity contribution < 1.29 is 19.5 Å². The van der Waals surface area contributed by atoms with Gasteiger partial charge in [-0.1, -0.05) is 64.7 Å². The largest absolute Gasteiger partial charge is 0.519 e. The first-order valence-corrected chi connectivity index (χ1v) is 9.85. The van der Waals surface area contributed by atoms with Crippen LogP contribution in [0.15, 0.2) is 4.99 Å². The van der Waals surface area contributed by atoms with E-state index in [1.54, 1.807) is 0 Å². The Balaban J connectivity index is 2.23. The Morgan fingerprint density at radius 1 is 1.08 bits per heavy atom. The number of unbranched alkanes of at least 4 members (excludes halogenated alkanes) is 9. The number of carboxylic acid groups (broad SMARTS) is 1. The van der Waals surface area contributed by atoms with Gasteiger partial charge < -0.3 is 10.2 Å². The molecule has 5 nitrogen and oxygen atoms in total. The molecule has 0 aliphatic carbocycles. The van der Waals surface area contributed by atoms with E-state index in [4.69, 9.17) is 0 Å². The third-order valence-corrected chi connectivity index (χ3v) is 5.04. The molecule has 0 fully saturated rings. The van der Waals surface area contributed by atoms with E-state index in [0.29, 0.717) is 6.54 Å². The third-order valence-electron chi connectivity index (χ3n) is 5.04. The van der Waals surface area contributed by atoms with Gasteiger partial charge in [-0.3, -0.25) is 0 Å². The van der Waals surface area contributed by atoms with Crippen LogP contribution in [-0.4, -0.2) is 52.4 Å². The lowest BCUT2D eigenvalue weighted by molar-refractivity contribution is -0.763. The van der Waals surface area contributed by atoms with Crippen LogP contribution in [0.25, 0.3) is 0 Å². The molecule has 140 valence electrons. The highest BCUT2D eigenvalue weighted by molar-refractivity contribution is 5.86. The van der Waals surface area contributed by atoms with Gasteiger partial charge in [0.25, 0.3) is 0 Å². The minimum Gasteiger partial charge on any atom is -0.435 e. The highest BCUT2D eigenvalue weighted by Crippen LogP contribution is 2.24. The normalized spacial score (nSPS) is 23.5. The fourth-order valence-corrected chi connectivity index (χ4v) is 3.69. The van der Waals surface area contributed by atoms with Crippen molar-refractivity contribution in [1.82, 2.24) is 0 Å². The van der Waals surface area contributed by atoms with Crippen LogP contribution in [0.3, 0.4) is 0 Å². The monoisotopic (exact) mass is 341 g/mol. The first-order chi connectivity index (χ1) is 11.6. The summed E-state index contributed by atoms with van der Waals surface area (Å²) in [7, 11) is 0. The first kappa shape index (κ1) is 21.1. The summed E-state index contributed by atoms with van der Waals surface area (Å²) >= 11 is 0. The minimum absolute atomic E-state index is 0.0331. The molecular formula is C19H37N2O3+. The Labute approximate surface area is 147 Å². The fourth-order valence-electron chi connectivity index (χ4n) is 3.69. The molecule has 0 aromatic heterocycles. The molecule has 0 saturated carbocycles. The average molecular weight is 342 g/mol. The molecule has 0 spiro atoms. The molecule has 1 rings (SSSR count). The number of quaternary nitrogens is 1. The Morgan fingerprint density at radius 2 is 1.62 bits per heavy atom. The van der Waals surface area contributed by atoms with Crippen LogP contribution in [0.4, 0.5) is 4.79 Å². The fraction of sp³-hybridized carbons (Fsp3) is 0.895. The molecule has 24 heavy (non-hydrogen) atoms. The summed E-state index contributed by atoms with van der Waals surface area (Å²) in [6.07, 6.45) is 12.6. The zero-order valence-corrected chi connectivity index (χ0v) is 15.7. The summed E-state index contributed by atoms with van der Waals surface area (Å²) in [5.41, 5.74) is 0. The van der Waals surface area contributed by atoms with Crippen LogP contribution < -0.4 is 0 Å². The second-order valence-electron chi connectivity index (χ2n) is 7.21. The van der Waals surface area contributed by atoms with E-state index in [1.165, 1.54) is 51.4 Å². The number of amides is 1. The zero-order chi connectivity index (χ0) is 17.8. The van der Waals surface area contributed by atoms with Crippen molar-refractivity contribution in [1.29, 1.82) is 0 Å². The Bertz CT molecular complexity index is 398. The molecule has 1 aliphatic rings. The maximum Gasteiger partial charge on any atom is 0.519 e. The molecule has 0 radical (unpaired) electrons. The molecule has 1 heterocycles. The molecule has 2 atom stereocenters. The molecule has 0 saturated heterocycles. The van der Waals surface area contributed by atoms with Crippen molar-refractivity contribution in [2.45, 2.75) is 90.5 Å². The van der Waals surface area contributed by atoms with Gasteiger partial charge in [-0.25, -0.2) is 4.99 Å². The molecule has 0 aromatic rings. The predicted molar refractivity (Wildman–Crippen MR) is 98.5 cm³/mol. The first-order valence-electron chi connectivity index (χ1n) is 9.85. The number of nitrogens with zero attached hydrogens (tertiary/aromatic N) is 2. The molecule has 1 aliphatic heterocycles. The number of aliphatic hydroxyl groups excluding tert-OH is 1. The number of aliphatic imine (C=N–C) groups is 1. The van der Waals surface area contributed by atoms with Crippen LogP contribution in [0, 0.1) is 0 Å². The third kappa shape index (κ3) is 6.52. The SMILES string of the molecule is CCCCCCCCCCCCC1=NC(C)C[N+]1(CCO)C(=O)O. The second-order valence-corrected chi connectivity index (χ2v) is 7.21. The number of aliphatic hydroxyl groups is 1. The van der Waals surface area contributed by atoms with Gasteiger partial charge in [0.15, 0.2) is 0 Å². The summed E-state index contributed by atoms with van der Waals surface area (Å²) in [5.74, 6) is 0.753. The lowest BCUT2D eigenvalue weighted by Gasteiger charge is -2.28. The average Bonchev–Trinajstić information content (AvgIpc) is 2.86. The number of rotatable bonds is 13. The van der Waals surface area contributed by atoms with Gasteiger partial charge in [-0.05, 0) is 13.3 Å². The lowest BCUT2D eigenvalue weighted by atomic mass is 10.1. The van der Waals surface area contributed by atoms with Gasteiger partial charge in [-0.2, -0.15) is 9.28 Å². The maximum atomic E-state index is 11.7. The van der Waals surface area contributed by atoms with Crippen molar-refractivity contribution in [3.63, 3.8) is 0 Å². The van der Waals surface area contributed by atoms with Gasteiger partial charge in [0.2, 0.25) is 5.84 Å². The predicted octanol–water partition coefficient (Wildman–Crippen LogP) is 4.59. The van der Waals surface area contributed by atoms with Crippen LogP contribution in [0.1, 0.15) is 84.5 Å². The summed E-state index contributed by atoms with van der Waals surface area (Å²) in [5, 5.41) is 18.9. The second kappa shape index (κ2) is 11.6. The van der Waals surface area contributed by atoms with E-state index >= 15 is 0 Å². The van der Waals surface area contributed by atoms with E-state index in [0.717, 1.165) is 25.1 Å². The molecule has 1 amide bonds. The Morgan fingerprint density at radius 3 is 2.12 bits per heavy atom. The minimum atomic E-state index is -0.876. The highest BCUT2D eigenvalue weighted by atomic mass is 16.4. The van der Waals surface area contributed by atoms with Crippen LogP contribution in [0.5, 0.6) is 0 Å². The van der Waals surface area contributed by atoms with Gasteiger partial charge >= 0.3 is 6.09 Å². The van der Waals surface area contributed by atoms with Crippen molar-refractivity contribution in [3.8, 4) is 0 Å². The van der Waals surface area contributed by atoms with Gasteiger partial charge in [0.1, 0.15) is 19.1 Å². The van der Waals surface area contributed by atoms with E-state index in [-0.39, 0.29) is 23.7 Å². The standard InChI is InChI=1S/C19H36N2O3/c1-3-4-5-6-7-8-9-10-11-12-13-18-20-17(2)16-21(18,14-15-22)19(23)24/h17,22H,3-16H2,1-2H3/p+1. The topological polar surface area (TPSA) is 69.9 Å². The maximum absolute atomic E-state index is 11.7. The number of amidine groups is 1. The molecule has 0 aromatic carbocycles. The van der Waals surface area contributed by atoms with Gasteiger partial charge in [0, 0.05) is 6.42 Å². The van der Waals surface area contributed by atoms with Crippen LogP contribution >= 0.6 is 0 Å². The molecule has 2 N–H and O–H groups in total. The summed E-state index contributed by atoms with van der Waals surface area (Å²) < 4.78 is -0.158. The van der Waals surface area contributed by atoms with Crippen molar-refractivity contribution in [3.05, 3.63) is 0 Å². The van der Waals surface area contributed by atoms with E-state index < -0.39 is 6.09 Å². The van der Waals surface area contributed by atoms with Crippen molar-refractivity contribution >= 4 is 11.9 Å². The Kier molecular flexibility index (Phi) is 10.2. The zero-order valence-electron chi connectivity index (χ0n) is 15.7. The van der Waals surface area contributed by atoms with Gasteiger partial charge in [0.05, 0.1) is 6.61 Å². The van der Waals surface area contributed by atoms with Crippen molar-refractivity contribution in [2.75, 3.05) is 19.7 Å². The number of hydrogen-bond acceptors (Lipinski definition) is 3. The lowest BCUT2D eigenvalue weighted by Crippen LogP contribution is -2.56. The quantitative estimate of drug-likeness (QED) is 0.380. The van der Waals surface area contributed by atoms with E-state index in [1.807, 2.05) is 6.92 Å². The molecule has 0 bridgehead atoms. The number of hydrogen-bond donors (Lipinski definition) is 2. The summed E-state index contributed by atoms with van der Waals surface area (Å²) in [4.78, 5) is 16.3. The van der Waals surface area contributed by atoms with Gasteiger partial charge in [-0.15, -0.1) is 0 Å². The Hall–Kier alpha value is -0.940. The van der Waals surface area contributed by atoms with E-state index in [9.17, 15) is 15.0 Å². The van der Waals surface area contributed by atoms with E-state index in [2.05, 4.69) is 11.9 Å². The molecule has 5 heteroatoms. The van der Waals surface area contributed by atoms with Crippen molar-refractivity contribution in [2.24, 2.45) is 4.99 Å². The van der Waals surface area contributed by atoms with Crippen LogP contribution in [0.2, 0.25) is 0 Å². The molecule has 2 unspecified atom stereocenters. The van der Waals surface area contributed by atoms with Crippen LogP contribution in [-0.2, 0) is 0 Å².